The average Bonchev–Trinajstić information content (AvgIpc) is 2.55. The lowest BCUT2D eigenvalue weighted by Crippen LogP contribution is -2.51. The lowest BCUT2D eigenvalue weighted by Gasteiger charge is -2.29. The minimum atomic E-state index is -0.777. The quantitative estimate of drug-likeness (QED) is 0.744. The van der Waals surface area contributed by atoms with E-state index in [1.54, 1.807) is 6.92 Å². The van der Waals surface area contributed by atoms with Crippen molar-refractivity contribution in [1.29, 1.82) is 0 Å². The molecule has 0 aromatic heterocycles. The first-order valence-electron chi connectivity index (χ1n) is 6.79. The molecule has 0 aromatic carbocycles. The minimum absolute atomic E-state index is 0.677. The van der Waals surface area contributed by atoms with E-state index in [2.05, 4.69) is 10.2 Å². The molecule has 100 valence electrons. The summed E-state index contributed by atoms with van der Waals surface area (Å²) in [5, 5.41) is 12.4. The maximum atomic E-state index is 11.3. The minimum Gasteiger partial charge on any atom is -0.480 e. The zero-order valence-corrected chi connectivity index (χ0v) is 11.2. The van der Waals surface area contributed by atoms with Crippen LogP contribution in [-0.4, -0.2) is 47.7 Å². The molecule has 0 aromatic rings. The van der Waals surface area contributed by atoms with E-state index in [1.807, 2.05) is 6.92 Å². The van der Waals surface area contributed by atoms with Gasteiger partial charge in [-0.3, -0.25) is 4.79 Å². The fourth-order valence-corrected chi connectivity index (χ4v) is 2.40. The van der Waals surface area contributed by atoms with Crippen LogP contribution in [0, 0.1) is 0 Å². The molecule has 2 N–H and O–H groups in total. The van der Waals surface area contributed by atoms with E-state index in [9.17, 15) is 9.90 Å². The summed E-state index contributed by atoms with van der Waals surface area (Å²) in [5.74, 6) is -0.742. The number of hydrogen-bond donors (Lipinski definition) is 2. The van der Waals surface area contributed by atoms with Crippen LogP contribution in [-0.2, 0) is 4.79 Å². The molecule has 1 unspecified atom stereocenters. The average molecular weight is 242 g/mol. The van der Waals surface area contributed by atoms with Crippen LogP contribution in [0.1, 0.15) is 46.0 Å². The second kappa shape index (κ2) is 6.97. The van der Waals surface area contributed by atoms with Crippen LogP contribution in [0.2, 0.25) is 0 Å². The van der Waals surface area contributed by atoms with Gasteiger partial charge in [0.1, 0.15) is 5.54 Å². The van der Waals surface area contributed by atoms with Gasteiger partial charge in [-0.25, -0.2) is 0 Å². The smallest absolute Gasteiger partial charge is 0.323 e. The van der Waals surface area contributed by atoms with Crippen LogP contribution < -0.4 is 5.32 Å². The topological polar surface area (TPSA) is 52.6 Å². The Kier molecular flexibility index (Phi) is 5.92. The van der Waals surface area contributed by atoms with Crippen LogP contribution in [0.25, 0.3) is 0 Å². The summed E-state index contributed by atoms with van der Waals surface area (Å²) in [7, 11) is 0. The Balaban J connectivity index is 2.42. The fraction of sp³-hybridized carbons (Fsp3) is 0.923. The number of aliphatic carboxylic acids is 1. The Morgan fingerprint density at radius 2 is 1.88 bits per heavy atom. The maximum Gasteiger partial charge on any atom is 0.323 e. The predicted molar refractivity (Wildman–Crippen MR) is 69.2 cm³/mol. The van der Waals surface area contributed by atoms with Crippen LogP contribution in [0.3, 0.4) is 0 Å². The van der Waals surface area contributed by atoms with E-state index in [0.29, 0.717) is 13.0 Å². The summed E-state index contributed by atoms with van der Waals surface area (Å²) >= 11 is 0. The van der Waals surface area contributed by atoms with Gasteiger partial charge in [-0.1, -0.05) is 19.8 Å². The first-order chi connectivity index (χ1) is 8.08. The summed E-state index contributed by atoms with van der Waals surface area (Å²) in [6.45, 7) is 7.58. The Bertz CT molecular complexity index is 238. The lowest BCUT2D eigenvalue weighted by molar-refractivity contribution is -0.144. The molecule has 1 aliphatic rings. The van der Waals surface area contributed by atoms with E-state index in [4.69, 9.17) is 0 Å². The number of carboxylic acids is 1. The molecule has 1 saturated heterocycles. The standard InChI is InChI=1S/C13H26N2O2/c1-3-14-13(2,12(16)17)8-11-15-9-6-4-5-7-10-15/h14H,3-11H2,1-2H3,(H,16,17). The van der Waals surface area contributed by atoms with Gasteiger partial charge in [0.15, 0.2) is 0 Å². The van der Waals surface area contributed by atoms with Crippen molar-refractivity contribution >= 4 is 5.97 Å². The van der Waals surface area contributed by atoms with Gasteiger partial charge in [-0.15, -0.1) is 0 Å². The van der Waals surface area contributed by atoms with E-state index in [1.165, 1.54) is 25.7 Å². The third-order valence-electron chi connectivity index (χ3n) is 3.67. The van der Waals surface area contributed by atoms with Crippen molar-refractivity contribution in [2.45, 2.75) is 51.5 Å². The van der Waals surface area contributed by atoms with Crippen LogP contribution in [0.15, 0.2) is 0 Å². The molecule has 0 bridgehead atoms. The molecular weight excluding hydrogens is 216 g/mol. The second-order valence-corrected chi connectivity index (χ2v) is 5.17. The molecule has 1 aliphatic heterocycles. The normalized spacial score (nSPS) is 21.8. The lowest BCUT2D eigenvalue weighted by atomic mass is 9.97. The molecule has 0 radical (unpaired) electrons. The van der Waals surface area contributed by atoms with Gasteiger partial charge < -0.3 is 15.3 Å². The Morgan fingerprint density at radius 1 is 1.29 bits per heavy atom. The SMILES string of the molecule is CCNC(C)(CCN1CCCCCC1)C(=O)O. The number of carbonyl (C=O) groups is 1. The number of likely N-dealkylation sites (N-methyl/N-ethyl adjacent to an activating group) is 1. The van der Waals surface area contributed by atoms with Gasteiger partial charge in [0.2, 0.25) is 0 Å². The van der Waals surface area contributed by atoms with E-state index < -0.39 is 11.5 Å². The van der Waals surface area contributed by atoms with Crippen LogP contribution >= 0.6 is 0 Å². The largest absolute Gasteiger partial charge is 0.480 e. The Morgan fingerprint density at radius 3 is 2.35 bits per heavy atom. The molecule has 1 rings (SSSR count). The van der Waals surface area contributed by atoms with E-state index in [-0.39, 0.29) is 0 Å². The van der Waals surface area contributed by atoms with Crippen molar-refractivity contribution in [2.75, 3.05) is 26.2 Å². The van der Waals surface area contributed by atoms with Crippen LogP contribution in [0.4, 0.5) is 0 Å². The zero-order chi connectivity index (χ0) is 12.7. The predicted octanol–water partition coefficient (Wildman–Crippen LogP) is 1.71. The van der Waals surface area contributed by atoms with Gasteiger partial charge in [0.25, 0.3) is 0 Å². The first-order valence-corrected chi connectivity index (χ1v) is 6.79. The maximum absolute atomic E-state index is 11.3. The summed E-state index contributed by atoms with van der Waals surface area (Å²) in [6.07, 6.45) is 5.83. The number of likely N-dealkylation sites (tertiary alicyclic amines) is 1. The number of carboxylic acid groups (broad SMARTS) is 1. The molecule has 4 nitrogen and oxygen atoms in total. The molecule has 0 amide bonds. The second-order valence-electron chi connectivity index (χ2n) is 5.17. The first kappa shape index (κ1) is 14.5. The van der Waals surface area contributed by atoms with Crippen molar-refractivity contribution in [1.82, 2.24) is 10.2 Å². The number of nitrogens with one attached hydrogen (secondary N) is 1. The molecule has 0 aliphatic carbocycles. The third kappa shape index (κ3) is 4.64. The van der Waals surface area contributed by atoms with Crippen molar-refractivity contribution in [3.05, 3.63) is 0 Å². The molecule has 0 saturated carbocycles. The molecule has 1 atom stereocenters. The van der Waals surface area contributed by atoms with Gasteiger partial charge >= 0.3 is 5.97 Å². The van der Waals surface area contributed by atoms with Crippen molar-refractivity contribution < 1.29 is 9.90 Å². The van der Waals surface area contributed by atoms with Gasteiger partial charge in [0, 0.05) is 6.54 Å². The molecule has 4 heteroatoms. The molecule has 1 fully saturated rings. The summed E-state index contributed by atoms with van der Waals surface area (Å²) in [4.78, 5) is 13.7. The highest BCUT2D eigenvalue weighted by Gasteiger charge is 2.32. The number of nitrogens with zero attached hydrogens (tertiary/aromatic N) is 1. The third-order valence-corrected chi connectivity index (χ3v) is 3.67. The number of hydrogen-bond acceptors (Lipinski definition) is 3. The summed E-state index contributed by atoms with van der Waals surface area (Å²) < 4.78 is 0. The van der Waals surface area contributed by atoms with E-state index >= 15 is 0 Å². The molecule has 1 heterocycles. The van der Waals surface area contributed by atoms with Crippen molar-refractivity contribution in [2.24, 2.45) is 0 Å². The Labute approximate surface area is 104 Å². The highest BCUT2D eigenvalue weighted by Crippen LogP contribution is 2.14. The molecule has 0 spiro atoms. The summed E-state index contributed by atoms with van der Waals surface area (Å²) in [5.41, 5.74) is -0.777. The highest BCUT2D eigenvalue weighted by molar-refractivity contribution is 5.78. The molecule has 17 heavy (non-hydrogen) atoms. The van der Waals surface area contributed by atoms with Gasteiger partial charge in [-0.2, -0.15) is 0 Å². The van der Waals surface area contributed by atoms with Gasteiger partial charge in [-0.05, 0) is 45.8 Å². The monoisotopic (exact) mass is 242 g/mol. The van der Waals surface area contributed by atoms with Crippen LogP contribution in [0.5, 0.6) is 0 Å². The van der Waals surface area contributed by atoms with Gasteiger partial charge in [0.05, 0.1) is 0 Å². The number of rotatable bonds is 6. The summed E-state index contributed by atoms with van der Waals surface area (Å²) in [6, 6.07) is 0. The van der Waals surface area contributed by atoms with E-state index in [0.717, 1.165) is 19.6 Å². The molecular formula is C13H26N2O2. The van der Waals surface area contributed by atoms with Crippen molar-refractivity contribution in [3.8, 4) is 0 Å². The Hall–Kier alpha value is -0.610. The zero-order valence-electron chi connectivity index (χ0n) is 11.2. The fourth-order valence-electron chi connectivity index (χ4n) is 2.40. The highest BCUT2D eigenvalue weighted by atomic mass is 16.4. The van der Waals surface area contributed by atoms with Crippen molar-refractivity contribution in [3.63, 3.8) is 0 Å².